The molecule has 30 heavy (non-hydrogen) atoms. The summed E-state index contributed by atoms with van der Waals surface area (Å²) in [7, 11) is 1.52. The van der Waals surface area contributed by atoms with Crippen LogP contribution in [-0.2, 0) is 14.3 Å². The van der Waals surface area contributed by atoms with Gasteiger partial charge in [-0.15, -0.1) is 0 Å². The molecule has 1 fully saturated rings. The highest BCUT2D eigenvalue weighted by Gasteiger charge is 2.46. The highest BCUT2D eigenvalue weighted by Crippen LogP contribution is 2.41. The fraction of sp³-hybridized carbons (Fsp3) is 0.167. The number of nitrogens with zero attached hydrogens (tertiary/aromatic N) is 1. The summed E-state index contributed by atoms with van der Waals surface area (Å²) >= 11 is 0. The van der Waals surface area contributed by atoms with E-state index >= 15 is 0 Å². The molecule has 1 amide bonds. The first kappa shape index (κ1) is 19.8. The fourth-order valence-corrected chi connectivity index (χ4v) is 3.88. The number of likely N-dealkylation sites (tertiary alicyclic amines) is 1. The minimum absolute atomic E-state index is 0.0148. The van der Waals surface area contributed by atoms with Gasteiger partial charge in [0.05, 0.1) is 18.2 Å². The quantitative estimate of drug-likeness (QED) is 0.395. The van der Waals surface area contributed by atoms with E-state index in [9.17, 15) is 19.1 Å². The van der Waals surface area contributed by atoms with E-state index in [-0.39, 0.29) is 30.0 Å². The number of halogens is 1. The monoisotopic (exact) mass is 405 g/mol. The molecule has 3 aromatic carbocycles. The number of aliphatic hydroxyl groups is 1. The minimum atomic E-state index is -0.781. The maximum atomic E-state index is 13.3. The molecule has 1 saturated heterocycles. The number of fused-ring (bicyclic) bond motifs is 1. The van der Waals surface area contributed by atoms with Crippen LogP contribution < -0.4 is 0 Å². The lowest BCUT2D eigenvalue weighted by atomic mass is 9.91. The zero-order valence-corrected chi connectivity index (χ0v) is 16.3. The maximum absolute atomic E-state index is 13.3. The molecule has 152 valence electrons. The van der Waals surface area contributed by atoms with Crippen molar-refractivity contribution in [1.29, 1.82) is 0 Å². The van der Waals surface area contributed by atoms with Crippen LogP contribution in [0.5, 0.6) is 0 Å². The molecular formula is C24H20FNO4. The Labute approximate surface area is 173 Å². The molecule has 1 aliphatic heterocycles. The van der Waals surface area contributed by atoms with Gasteiger partial charge in [0.1, 0.15) is 11.6 Å². The van der Waals surface area contributed by atoms with Crippen molar-refractivity contribution in [3.05, 3.63) is 89.2 Å². The number of carbonyl (C=O) groups excluding carboxylic acids is 2. The van der Waals surface area contributed by atoms with Crippen molar-refractivity contribution in [3.63, 3.8) is 0 Å². The smallest absolute Gasteiger partial charge is 0.295 e. The molecule has 0 radical (unpaired) electrons. The summed E-state index contributed by atoms with van der Waals surface area (Å²) in [5.41, 5.74) is 0.984. The second-order valence-electron chi connectivity index (χ2n) is 7.06. The molecule has 5 nitrogen and oxygen atoms in total. The Morgan fingerprint density at radius 1 is 1.03 bits per heavy atom. The van der Waals surface area contributed by atoms with Crippen molar-refractivity contribution < 1.29 is 23.8 Å². The standard InChI is InChI=1S/C24H20FNO4/c1-30-14-13-26-21(19-8-4-6-15-5-2-3-7-18(15)19)20(23(28)24(26)29)22(27)16-9-11-17(25)12-10-16/h2-12,21,27H,13-14H2,1H3/b22-20-. The Morgan fingerprint density at radius 3 is 2.47 bits per heavy atom. The summed E-state index contributed by atoms with van der Waals surface area (Å²) in [5.74, 6) is -2.26. The van der Waals surface area contributed by atoms with E-state index in [1.165, 1.54) is 36.3 Å². The first-order valence-electron chi connectivity index (χ1n) is 9.54. The molecule has 0 saturated carbocycles. The highest BCUT2D eigenvalue weighted by molar-refractivity contribution is 6.46. The molecule has 1 aliphatic rings. The SMILES string of the molecule is COCCN1C(=O)C(=O)/C(=C(\O)c2ccc(F)cc2)C1c1cccc2ccccc12. The van der Waals surface area contributed by atoms with Crippen LogP contribution in [0.2, 0.25) is 0 Å². The molecule has 0 spiro atoms. The molecule has 0 aliphatic carbocycles. The molecule has 1 heterocycles. The van der Waals surface area contributed by atoms with Gasteiger partial charge in [0.15, 0.2) is 0 Å². The van der Waals surface area contributed by atoms with Crippen LogP contribution in [0.4, 0.5) is 4.39 Å². The lowest BCUT2D eigenvalue weighted by Gasteiger charge is -2.26. The van der Waals surface area contributed by atoms with Crippen molar-refractivity contribution in [1.82, 2.24) is 4.90 Å². The Balaban J connectivity index is 1.95. The summed E-state index contributed by atoms with van der Waals surface area (Å²) < 4.78 is 18.5. The molecule has 4 rings (SSSR count). The number of hydrogen-bond acceptors (Lipinski definition) is 4. The van der Waals surface area contributed by atoms with Crippen molar-refractivity contribution in [3.8, 4) is 0 Å². The fourth-order valence-electron chi connectivity index (χ4n) is 3.88. The van der Waals surface area contributed by atoms with Gasteiger partial charge in [-0.1, -0.05) is 42.5 Å². The van der Waals surface area contributed by atoms with Crippen LogP contribution in [0, 0.1) is 5.82 Å². The molecule has 3 aromatic rings. The number of Topliss-reactive ketones (excluding diaryl/α,β-unsaturated/α-hetero) is 1. The summed E-state index contributed by atoms with van der Waals surface area (Å²) in [6, 6.07) is 17.7. The number of hydrogen-bond donors (Lipinski definition) is 1. The van der Waals surface area contributed by atoms with E-state index in [1.807, 2.05) is 42.5 Å². The number of carbonyl (C=O) groups is 2. The Bertz CT molecular complexity index is 1150. The van der Waals surface area contributed by atoms with Crippen molar-refractivity contribution in [2.24, 2.45) is 0 Å². The van der Waals surface area contributed by atoms with Gasteiger partial charge >= 0.3 is 0 Å². The van der Waals surface area contributed by atoms with Gasteiger partial charge in [0, 0.05) is 19.2 Å². The van der Waals surface area contributed by atoms with Crippen LogP contribution in [0.25, 0.3) is 16.5 Å². The maximum Gasteiger partial charge on any atom is 0.295 e. The predicted octanol–water partition coefficient (Wildman–Crippen LogP) is 4.05. The van der Waals surface area contributed by atoms with Gasteiger partial charge in [0.25, 0.3) is 11.7 Å². The van der Waals surface area contributed by atoms with Gasteiger partial charge in [-0.3, -0.25) is 9.59 Å². The number of methoxy groups -OCH3 is 1. The first-order chi connectivity index (χ1) is 14.5. The number of benzene rings is 3. The largest absolute Gasteiger partial charge is 0.507 e. The van der Waals surface area contributed by atoms with Crippen LogP contribution in [0.1, 0.15) is 17.2 Å². The predicted molar refractivity (Wildman–Crippen MR) is 111 cm³/mol. The molecule has 0 bridgehead atoms. The zero-order valence-electron chi connectivity index (χ0n) is 16.3. The third-order valence-corrected chi connectivity index (χ3v) is 5.31. The number of ketones is 1. The number of aliphatic hydroxyl groups excluding tert-OH is 1. The molecule has 0 aromatic heterocycles. The Kier molecular flexibility index (Phi) is 5.33. The van der Waals surface area contributed by atoms with Gasteiger partial charge in [-0.25, -0.2) is 4.39 Å². The molecule has 1 unspecified atom stereocenters. The summed E-state index contributed by atoms with van der Waals surface area (Å²) in [6.45, 7) is 0.431. The normalized spacial score (nSPS) is 18.3. The Morgan fingerprint density at radius 2 is 1.73 bits per heavy atom. The number of amides is 1. The zero-order chi connectivity index (χ0) is 21.3. The van der Waals surface area contributed by atoms with Crippen molar-refractivity contribution in [2.45, 2.75) is 6.04 Å². The van der Waals surface area contributed by atoms with Crippen LogP contribution >= 0.6 is 0 Å². The van der Waals surface area contributed by atoms with E-state index in [0.29, 0.717) is 0 Å². The molecule has 6 heteroatoms. The molecule has 1 N–H and O–H groups in total. The summed E-state index contributed by atoms with van der Waals surface area (Å²) in [4.78, 5) is 27.2. The minimum Gasteiger partial charge on any atom is -0.507 e. The second-order valence-corrected chi connectivity index (χ2v) is 7.06. The van der Waals surface area contributed by atoms with Gasteiger partial charge in [0.2, 0.25) is 0 Å². The third kappa shape index (κ3) is 3.35. The summed E-state index contributed by atoms with van der Waals surface area (Å²) in [5, 5.41) is 12.8. The highest BCUT2D eigenvalue weighted by atomic mass is 19.1. The van der Waals surface area contributed by atoms with Crippen LogP contribution in [0.15, 0.2) is 72.3 Å². The van der Waals surface area contributed by atoms with Crippen LogP contribution in [0.3, 0.4) is 0 Å². The topological polar surface area (TPSA) is 66.8 Å². The van der Waals surface area contributed by atoms with Crippen LogP contribution in [-0.4, -0.2) is 42.0 Å². The van der Waals surface area contributed by atoms with E-state index in [4.69, 9.17) is 4.74 Å². The molecule has 1 atom stereocenters. The van der Waals surface area contributed by atoms with E-state index in [0.717, 1.165) is 16.3 Å². The number of rotatable bonds is 5. The third-order valence-electron chi connectivity index (χ3n) is 5.31. The lowest BCUT2D eigenvalue weighted by Crippen LogP contribution is -2.32. The van der Waals surface area contributed by atoms with Crippen molar-refractivity contribution in [2.75, 3.05) is 20.3 Å². The first-order valence-corrected chi connectivity index (χ1v) is 9.54. The van der Waals surface area contributed by atoms with Gasteiger partial charge in [-0.2, -0.15) is 0 Å². The van der Waals surface area contributed by atoms with Gasteiger partial charge in [-0.05, 0) is 40.6 Å². The van der Waals surface area contributed by atoms with Gasteiger partial charge < -0.3 is 14.7 Å². The number of ether oxygens (including phenoxy) is 1. The van der Waals surface area contributed by atoms with E-state index in [1.54, 1.807) is 0 Å². The second kappa shape index (κ2) is 8.08. The Hall–Kier alpha value is -3.51. The average Bonchev–Trinajstić information content (AvgIpc) is 3.02. The average molecular weight is 405 g/mol. The molecular weight excluding hydrogens is 385 g/mol. The summed E-state index contributed by atoms with van der Waals surface area (Å²) in [6.07, 6.45) is 0. The van der Waals surface area contributed by atoms with Crippen molar-refractivity contribution >= 4 is 28.2 Å². The lowest BCUT2D eigenvalue weighted by molar-refractivity contribution is -0.140. The van der Waals surface area contributed by atoms with E-state index < -0.39 is 23.5 Å². The van der Waals surface area contributed by atoms with E-state index in [2.05, 4.69) is 0 Å².